The molecule has 52 heavy (non-hydrogen) atoms. The summed E-state index contributed by atoms with van der Waals surface area (Å²) in [5.74, 6) is -5.69. The molecule has 0 aliphatic carbocycles. The number of nitrogens with two attached hydrogens (primary N) is 1. The number of rotatable bonds is 13. The van der Waals surface area contributed by atoms with Gasteiger partial charge in [-0.1, -0.05) is 42.5 Å². The smallest absolute Gasteiger partial charge is 0.490 e. The van der Waals surface area contributed by atoms with E-state index in [0.717, 1.165) is 12.1 Å². The summed E-state index contributed by atoms with van der Waals surface area (Å²) in [6, 6.07) is 18.3. The zero-order valence-electron chi connectivity index (χ0n) is 27.5. The highest BCUT2D eigenvalue weighted by atomic mass is 32.2. The van der Waals surface area contributed by atoms with Crippen molar-refractivity contribution in [1.82, 2.24) is 14.5 Å². The SMILES string of the molecule is COc1ccc2ccc(S(=O)(=O)N(C(OC(=O)C(F)(F)F)C(=O)NCCc3cccc(F)c3)[C@H]3CCN(Cc4cccc(C(=N)N)c4)C3=O)cc2c1. The van der Waals surface area contributed by atoms with Crippen molar-refractivity contribution in [1.29, 1.82) is 5.41 Å². The van der Waals surface area contributed by atoms with Gasteiger partial charge >= 0.3 is 12.1 Å². The summed E-state index contributed by atoms with van der Waals surface area (Å²) in [6.45, 7) is -0.536. The van der Waals surface area contributed by atoms with Crippen LogP contribution in [-0.2, 0) is 42.1 Å². The number of carbonyl (C=O) groups is 3. The Kier molecular flexibility index (Phi) is 11.1. The van der Waals surface area contributed by atoms with Crippen LogP contribution in [0.3, 0.4) is 0 Å². The number of amides is 2. The standard InChI is InChI=1S/C35H33F4N5O7S/c1-50-27-10-8-23-9-11-28(19-25(23)18-27)52(48,49)44(29-13-15-43(32(29)46)20-22-5-2-6-24(16-22)30(40)41)33(51-34(47)35(37,38)39)31(45)42-14-12-21-4-3-7-26(36)17-21/h2-11,16-19,29,33H,12-15,20H2,1H3,(H3,40,41)(H,42,45)/t29-,33?/m0/s1. The Bertz CT molecular complexity index is 2130. The summed E-state index contributed by atoms with van der Waals surface area (Å²) in [5, 5.41) is 10.9. The summed E-state index contributed by atoms with van der Waals surface area (Å²) in [7, 11) is -3.72. The zero-order valence-corrected chi connectivity index (χ0v) is 28.3. The van der Waals surface area contributed by atoms with Gasteiger partial charge in [0, 0.05) is 25.2 Å². The van der Waals surface area contributed by atoms with E-state index in [4.69, 9.17) is 15.9 Å². The van der Waals surface area contributed by atoms with E-state index in [9.17, 15) is 40.4 Å². The topological polar surface area (TPSA) is 172 Å². The van der Waals surface area contributed by atoms with Crippen LogP contribution in [-0.4, -0.2) is 79.9 Å². The normalized spacial score (nSPS) is 15.5. The predicted molar refractivity (Wildman–Crippen MR) is 180 cm³/mol. The lowest BCUT2D eigenvalue weighted by Crippen LogP contribution is -2.58. The third-order valence-electron chi connectivity index (χ3n) is 8.29. The predicted octanol–water partition coefficient (Wildman–Crippen LogP) is 3.85. The van der Waals surface area contributed by atoms with Crippen LogP contribution in [0.25, 0.3) is 10.8 Å². The van der Waals surface area contributed by atoms with E-state index in [1.807, 2.05) is 0 Å². The Morgan fingerprint density at radius 3 is 2.42 bits per heavy atom. The number of hydrogen-bond donors (Lipinski definition) is 3. The highest BCUT2D eigenvalue weighted by Crippen LogP contribution is 2.32. The molecule has 5 rings (SSSR count). The number of benzene rings is 4. The number of halogens is 4. The highest BCUT2D eigenvalue weighted by Gasteiger charge is 2.52. The zero-order chi connectivity index (χ0) is 37.8. The molecule has 0 radical (unpaired) electrons. The maximum Gasteiger partial charge on any atom is 0.490 e. The summed E-state index contributed by atoms with van der Waals surface area (Å²) >= 11 is 0. The number of nitrogens with one attached hydrogen (secondary N) is 2. The lowest BCUT2D eigenvalue weighted by molar-refractivity contribution is -0.211. The molecule has 1 aliphatic rings. The van der Waals surface area contributed by atoms with Crippen molar-refractivity contribution in [2.45, 2.75) is 42.7 Å². The number of amidine groups is 1. The molecule has 1 fully saturated rings. The van der Waals surface area contributed by atoms with E-state index >= 15 is 0 Å². The first-order chi connectivity index (χ1) is 24.6. The molecule has 0 aromatic heterocycles. The molecule has 1 aliphatic heterocycles. The van der Waals surface area contributed by atoms with Crippen LogP contribution in [0.15, 0.2) is 89.8 Å². The van der Waals surface area contributed by atoms with E-state index in [2.05, 4.69) is 10.1 Å². The number of ether oxygens (including phenoxy) is 2. The van der Waals surface area contributed by atoms with Crippen LogP contribution < -0.4 is 15.8 Å². The summed E-state index contributed by atoms with van der Waals surface area (Å²) in [6.07, 6.45) is -8.79. The van der Waals surface area contributed by atoms with E-state index in [1.165, 1.54) is 48.4 Å². The fourth-order valence-corrected chi connectivity index (χ4v) is 7.42. The molecule has 1 heterocycles. The van der Waals surface area contributed by atoms with Crippen LogP contribution >= 0.6 is 0 Å². The highest BCUT2D eigenvalue weighted by molar-refractivity contribution is 7.89. The number of nitrogen functional groups attached to an aromatic ring is 1. The van der Waals surface area contributed by atoms with Crippen molar-refractivity contribution in [2.75, 3.05) is 20.2 Å². The van der Waals surface area contributed by atoms with E-state index in [-0.39, 0.29) is 42.6 Å². The third-order valence-corrected chi connectivity index (χ3v) is 10.1. The number of esters is 1. The Morgan fingerprint density at radius 2 is 1.73 bits per heavy atom. The Hall–Kier alpha value is -5.55. The van der Waals surface area contributed by atoms with Crippen molar-refractivity contribution in [2.24, 2.45) is 5.73 Å². The van der Waals surface area contributed by atoms with Gasteiger partial charge in [0.2, 0.25) is 22.2 Å². The molecule has 1 saturated heterocycles. The molecular weight excluding hydrogens is 710 g/mol. The number of hydrogen-bond acceptors (Lipinski definition) is 8. The van der Waals surface area contributed by atoms with Gasteiger partial charge in [0.1, 0.15) is 23.4 Å². The number of methoxy groups -OCH3 is 1. The fourth-order valence-electron chi connectivity index (χ4n) is 5.74. The van der Waals surface area contributed by atoms with Crippen LogP contribution in [0.1, 0.15) is 23.1 Å². The average molecular weight is 744 g/mol. The first-order valence-electron chi connectivity index (χ1n) is 15.7. The molecule has 2 amide bonds. The molecule has 4 N–H and O–H groups in total. The van der Waals surface area contributed by atoms with Gasteiger partial charge in [-0.2, -0.15) is 13.2 Å². The van der Waals surface area contributed by atoms with Crippen LogP contribution in [0, 0.1) is 11.2 Å². The minimum Gasteiger partial charge on any atom is -0.497 e. The van der Waals surface area contributed by atoms with Gasteiger partial charge in [-0.15, -0.1) is 4.31 Å². The Morgan fingerprint density at radius 1 is 1.02 bits per heavy atom. The molecule has 0 saturated carbocycles. The number of nitrogens with zero attached hydrogens (tertiary/aromatic N) is 2. The Balaban J connectivity index is 1.56. The molecule has 2 atom stereocenters. The quantitative estimate of drug-likeness (QED) is 0.0610. The van der Waals surface area contributed by atoms with Crippen LogP contribution in [0.5, 0.6) is 5.75 Å². The van der Waals surface area contributed by atoms with Gasteiger partial charge in [-0.05, 0) is 77.2 Å². The van der Waals surface area contributed by atoms with Crippen LogP contribution in [0.2, 0.25) is 0 Å². The van der Waals surface area contributed by atoms with Gasteiger partial charge in [0.25, 0.3) is 5.91 Å². The molecular formula is C35H33F4N5O7S. The average Bonchev–Trinajstić information content (AvgIpc) is 3.45. The number of carbonyl (C=O) groups excluding carboxylic acids is 3. The lowest BCUT2D eigenvalue weighted by atomic mass is 10.1. The lowest BCUT2D eigenvalue weighted by Gasteiger charge is -2.33. The summed E-state index contributed by atoms with van der Waals surface area (Å²) < 4.78 is 93.8. The number of alkyl halides is 3. The van der Waals surface area contributed by atoms with E-state index in [0.29, 0.717) is 33.2 Å². The fraction of sp³-hybridized carbons (Fsp3) is 0.257. The second-order valence-electron chi connectivity index (χ2n) is 11.8. The minimum atomic E-state index is -5.65. The molecule has 12 nitrogen and oxygen atoms in total. The summed E-state index contributed by atoms with van der Waals surface area (Å²) in [5.41, 5.74) is 6.85. The first kappa shape index (κ1) is 37.7. The second-order valence-corrected chi connectivity index (χ2v) is 13.7. The molecule has 4 aromatic carbocycles. The molecule has 4 aromatic rings. The van der Waals surface area contributed by atoms with Gasteiger partial charge in [-0.3, -0.25) is 15.0 Å². The van der Waals surface area contributed by atoms with Gasteiger partial charge in [-0.25, -0.2) is 17.6 Å². The van der Waals surface area contributed by atoms with E-state index in [1.54, 1.807) is 36.4 Å². The van der Waals surface area contributed by atoms with Crippen molar-refractivity contribution in [3.05, 3.63) is 107 Å². The van der Waals surface area contributed by atoms with Crippen LogP contribution in [0.4, 0.5) is 17.6 Å². The largest absolute Gasteiger partial charge is 0.497 e. The number of fused-ring (bicyclic) bond motifs is 1. The molecule has 1 unspecified atom stereocenters. The monoisotopic (exact) mass is 743 g/mol. The maximum atomic E-state index is 14.5. The maximum absolute atomic E-state index is 14.5. The van der Waals surface area contributed by atoms with E-state index < -0.39 is 57.0 Å². The minimum absolute atomic E-state index is 0.0296. The van der Waals surface area contributed by atoms with Gasteiger partial charge in [0.05, 0.1) is 12.0 Å². The first-order valence-corrected chi connectivity index (χ1v) is 17.2. The Labute approximate surface area is 295 Å². The number of likely N-dealkylation sites (tertiary alicyclic amines) is 1. The van der Waals surface area contributed by atoms with Gasteiger partial charge in [0.15, 0.2) is 0 Å². The molecule has 17 heteroatoms. The number of sulfonamides is 1. The molecule has 0 bridgehead atoms. The summed E-state index contributed by atoms with van der Waals surface area (Å²) in [4.78, 5) is 40.7. The van der Waals surface area contributed by atoms with Crippen molar-refractivity contribution >= 4 is 44.4 Å². The van der Waals surface area contributed by atoms with Crippen molar-refractivity contribution < 1.29 is 49.8 Å². The van der Waals surface area contributed by atoms with Gasteiger partial charge < -0.3 is 25.4 Å². The second kappa shape index (κ2) is 15.4. The van der Waals surface area contributed by atoms with Crippen molar-refractivity contribution in [3.8, 4) is 5.75 Å². The molecule has 274 valence electrons. The third kappa shape index (κ3) is 8.48. The molecule has 0 spiro atoms. The van der Waals surface area contributed by atoms with Crippen molar-refractivity contribution in [3.63, 3.8) is 0 Å².